The number of hydrogen-bond acceptors (Lipinski definition) is 4. The highest BCUT2D eigenvalue weighted by atomic mass is 16.5. The molecular weight excluding hydrogens is 424 g/mol. The highest BCUT2D eigenvalue weighted by Gasteiger charge is 2.26. The topological polar surface area (TPSA) is 44.7 Å². The monoisotopic (exact) mass is 446 g/mol. The minimum absolute atomic E-state index is 0.748. The summed E-state index contributed by atoms with van der Waals surface area (Å²) in [5.41, 5.74) is 5.49. The summed E-state index contributed by atoms with van der Waals surface area (Å²) >= 11 is 0. The molecule has 6 aromatic rings. The summed E-state index contributed by atoms with van der Waals surface area (Å²) in [4.78, 5) is 0. The van der Waals surface area contributed by atoms with Gasteiger partial charge in [0, 0.05) is 45.2 Å². The molecule has 0 bridgehead atoms. The Morgan fingerprint density at radius 3 is 1.29 bits per heavy atom. The molecule has 0 aliphatic carbocycles. The van der Waals surface area contributed by atoms with Gasteiger partial charge in [0.1, 0.15) is 34.2 Å². The Kier molecular flexibility index (Phi) is 4.84. The number of rotatable bonds is 5. The molecule has 0 radical (unpaired) electrons. The van der Waals surface area contributed by atoms with E-state index in [2.05, 4.69) is 36.4 Å². The van der Waals surface area contributed by atoms with Crippen LogP contribution in [0.3, 0.4) is 0 Å². The lowest BCUT2D eigenvalue weighted by Gasteiger charge is -2.06. The molecule has 166 valence electrons. The molecule has 0 aliphatic heterocycles. The lowest BCUT2D eigenvalue weighted by Crippen LogP contribution is -1.85. The molecule has 34 heavy (non-hydrogen) atoms. The fourth-order valence-electron chi connectivity index (χ4n) is 4.49. The third-order valence-electron chi connectivity index (χ3n) is 6.12. The quantitative estimate of drug-likeness (QED) is 0.268. The van der Waals surface area contributed by atoms with E-state index >= 15 is 0 Å². The molecule has 0 saturated carbocycles. The summed E-state index contributed by atoms with van der Waals surface area (Å²) in [6, 6.07) is 32.2. The van der Waals surface area contributed by atoms with Crippen molar-refractivity contribution in [2.24, 2.45) is 0 Å². The Hall–Kier alpha value is -4.44. The third-order valence-corrected chi connectivity index (χ3v) is 6.12. The number of hydrogen-bond donors (Lipinski definition) is 0. The summed E-state index contributed by atoms with van der Waals surface area (Å²) in [5, 5.41) is 1.99. The molecule has 0 atom stereocenters. The van der Waals surface area contributed by atoms with Gasteiger partial charge >= 0.3 is 0 Å². The predicted molar refractivity (Wildman–Crippen MR) is 135 cm³/mol. The van der Waals surface area contributed by atoms with E-state index in [-0.39, 0.29) is 0 Å². The lowest BCUT2D eigenvalue weighted by atomic mass is 9.94. The second-order valence-electron chi connectivity index (χ2n) is 8.07. The summed E-state index contributed by atoms with van der Waals surface area (Å²) in [6.07, 6.45) is 0. The lowest BCUT2D eigenvalue weighted by molar-refractivity contribution is 0.414. The smallest absolute Gasteiger partial charge is 0.143 e. The summed E-state index contributed by atoms with van der Waals surface area (Å²) in [6.45, 7) is 0. The van der Waals surface area contributed by atoms with Crippen molar-refractivity contribution >= 4 is 21.9 Å². The van der Waals surface area contributed by atoms with Crippen LogP contribution in [-0.4, -0.2) is 14.2 Å². The van der Waals surface area contributed by atoms with Crippen LogP contribution in [0.5, 0.6) is 11.5 Å². The molecule has 6 rings (SSSR count). The number of fused-ring (bicyclic) bond motifs is 2. The Morgan fingerprint density at radius 1 is 0.500 bits per heavy atom. The minimum atomic E-state index is 0.748. The van der Waals surface area contributed by atoms with Crippen molar-refractivity contribution in [3.63, 3.8) is 0 Å². The van der Waals surface area contributed by atoms with Gasteiger partial charge in [0.15, 0.2) is 0 Å². The molecule has 0 aliphatic rings. The minimum Gasteiger partial charge on any atom is -0.497 e. The van der Waals surface area contributed by atoms with E-state index in [0.29, 0.717) is 0 Å². The van der Waals surface area contributed by atoms with Crippen LogP contribution in [0, 0.1) is 0 Å². The molecule has 0 N–H and O–H groups in total. The van der Waals surface area contributed by atoms with Gasteiger partial charge in [-0.2, -0.15) is 0 Å². The zero-order valence-corrected chi connectivity index (χ0v) is 18.9. The van der Waals surface area contributed by atoms with Crippen molar-refractivity contribution in [3.05, 3.63) is 97.1 Å². The Balaban J connectivity index is 1.75. The standard InChI is InChI=1S/C30H22O4/c1-31-21-13-15-23-25(17-21)33-29(19-9-5-3-6-10-19)27(23)28-24-16-14-22(32-2)18-26(24)34-30(28)20-11-7-4-8-12-20/h3-18H,1-2H3. The average Bonchev–Trinajstić information content (AvgIpc) is 3.46. The number of ether oxygens (including phenoxy) is 2. The average molecular weight is 447 g/mol. The van der Waals surface area contributed by atoms with Crippen molar-refractivity contribution in [3.8, 4) is 45.3 Å². The molecular formula is C30H22O4. The number of methoxy groups -OCH3 is 2. The van der Waals surface area contributed by atoms with Crippen LogP contribution >= 0.6 is 0 Å². The van der Waals surface area contributed by atoms with E-state index in [1.54, 1.807) is 14.2 Å². The normalized spacial score (nSPS) is 11.2. The molecule has 2 aromatic heterocycles. The first-order valence-electron chi connectivity index (χ1n) is 11.1. The van der Waals surface area contributed by atoms with E-state index in [9.17, 15) is 0 Å². The summed E-state index contributed by atoms with van der Waals surface area (Å²) < 4.78 is 23.9. The van der Waals surface area contributed by atoms with Crippen LogP contribution in [-0.2, 0) is 0 Å². The molecule has 0 spiro atoms. The second kappa shape index (κ2) is 8.16. The summed E-state index contributed by atoms with van der Waals surface area (Å²) in [5.74, 6) is 3.08. The first kappa shape index (κ1) is 20.2. The van der Waals surface area contributed by atoms with Gasteiger partial charge in [0.25, 0.3) is 0 Å². The zero-order chi connectivity index (χ0) is 23.1. The van der Waals surface area contributed by atoms with Crippen LogP contribution in [0.25, 0.3) is 55.7 Å². The van der Waals surface area contributed by atoms with Crippen molar-refractivity contribution in [1.29, 1.82) is 0 Å². The molecule has 0 amide bonds. The maximum atomic E-state index is 6.49. The Morgan fingerprint density at radius 2 is 0.912 bits per heavy atom. The highest BCUT2D eigenvalue weighted by Crippen LogP contribution is 2.49. The third kappa shape index (κ3) is 3.23. The van der Waals surface area contributed by atoms with Crippen molar-refractivity contribution in [2.75, 3.05) is 14.2 Å². The first-order valence-corrected chi connectivity index (χ1v) is 11.1. The van der Waals surface area contributed by atoms with E-state index in [1.807, 2.05) is 60.7 Å². The molecule has 2 heterocycles. The predicted octanol–water partition coefficient (Wildman–Crippen LogP) is 8.20. The molecule has 0 saturated heterocycles. The number of benzene rings is 4. The van der Waals surface area contributed by atoms with E-state index in [1.165, 1.54) is 0 Å². The number of furan rings is 2. The SMILES string of the molecule is COc1ccc2c(-c3c(-c4ccccc4)oc4cc(OC)ccc34)c(-c3ccccc3)oc2c1. The van der Waals surface area contributed by atoms with Gasteiger partial charge in [-0.15, -0.1) is 0 Å². The van der Waals surface area contributed by atoms with Crippen LogP contribution in [0.15, 0.2) is 106 Å². The molecule has 4 heteroatoms. The van der Waals surface area contributed by atoms with Gasteiger partial charge in [-0.05, 0) is 24.3 Å². The fraction of sp³-hybridized carbons (Fsp3) is 0.0667. The maximum Gasteiger partial charge on any atom is 0.143 e. The van der Waals surface area contributed by atoms with Crippen molar-refractivity contribution in [1.82, 2.24) is 0 Å². The first-order chi connectivity index (χ1) is 16.8. The van der Waals surface area contributed by atoms with Gasteiger partial charge < -0.3 is 18.3 Å². The van der Waals surface area contributed by atoms with Gasteiger partial charge in [0.2, 0.25) is 0 Å². The zero-order valence-electron chi connectivity index (χ0n) is 18.9. The Labute approximate surface area is 197 Å². The van der Waals surface area contributed by atoms with Crippen LogP contribution in [0.1, 0.15) is 0 Å². The van der Waals surface area contributed by atoms with Crippen molar-refractivity contribution in [2.45, 2.75) is 0 Å². The van der Waals surface area contributed by atoms with E-state index in [4.69, 9.17) is 18.3 Å². The van der Waals surface area contributed by atoms with Crippen molar-refractivity contribution < 1.29 is 18.3 Å². The van der Waals surface area contributed by atoms with Gasteiger partial charge in [-0.25, -0.2) is 0 Å². The summed E-state index contributed by atoms with van der Waals surface area (Å²) in [7, 11) is 3.32. The van der Waals surface area contributed by atoms with Gasteiger partial charge in [-0.1, -0.05) is 60.7 Å². The molecule has 4 nitrogen and oxygen atoms in total. The largest absolute Gasteiger partial charge is 0.497 e. The maximum absolute atomic E-state index is 6.49. The highest BCUT2D eigenvalue weighted by molar-refractivity contribution is 6.13. The van der Waals surface area contributed by atoms with E-state index < -0.39 is 0 Å². The van der Waals surface area contributed by atoms with Gasteiger partial charge in [0.05, 0.1) is 14.2 Å². The fourth-order valence-corrected chi connectivity index (χ4v) is 4.49. The van der Waals surface area contributed by atoms with E-state index in [0.717, 1.165) is 67.2 Å². The van der Waals surface area contributed by atoms with Crippen LogP contribution in [0.2, 0.25) is 0 Å². The van der Waals surface area contributed by atoms with Crippen LogP contribution in [0.4, 0.5) is 0 Å². The Bertz CT molecular complexity index is 1480. The van der Waals surface area contributed by atoms with Gasteiger partial charge in [-0.3, -0.25) is 0 Å². The van der Waals surface area contributed by atoms with Crippen LogP contribution < -0.4 is 9.47 Å². The molecule has 0 unspecified atom stereocenters. The second-order valence-corrected chi connectivity index (χ2v) is 8.07. The molecule has 4 aromatic carbocycles. The molecule has 0 fully saturated rings.